The molecule has 0 aromatic heterocycles. The van der Waals surface area contributed by atoms with Gasteiger partial charge in [-0.15, -0.1) is 0 Å². The third-order valence-electron chi connectivity index (χ3n) is 2.08. The molecule has 2 atom stereocenters. The number of hydrogen-bond acceptors (Lipinski definition) is 0. The highest BCUT2D eigenvalue weighted by Gasteiger charge is 2.38. The maximum absolute atomic E-state index is 12.6. The van der Waals surface area contributed by atoms with E-state index in [1.54, 1.807) is 0 Å². The lowest BCUT2D eigenvalue weighted by molar-refractivity contribution is -0.0392. The Morgan fingerprint density at radius 1 is 1.50 bits per heavy atom. The molecule has 1 saturated carbocycles. The normalized spacial score (nSPS) is 39.6. The Kier molecular flexibility index (Phi) is 2.53. The van der Waals surface area contributed by atoms with E-state index in [1.165, 1.54) is 0 Å². The monoisotopic (exact) mass is 260 g/mol. The lowest BCUT2D eigenvalue weighted by Gasteiger charge is -2.30. The third-order valence-corrected chi connectivity index (χ3v) is 3.74. The molecule has 0 aliphatic heterocycles. The van der Waals surface area contributed by atoms with Crippen LogP contribution in [0.5, 0.6) is 0 Å². The second kappa shape index (κ2) is 2.91. The van der Waals surface area contributed by atoms with Gasteiger partial charge in [0.2, 0.25) is 5.92 Å². The van der Waals surface area contributed by atoms with Crippen molar-refractivity contribution >= 4 is 22.6 Å². The highest BCUT2D eigenvalue weighted by atomic mass is 127. The molecule has 1 rings (SSSR count). The molecule has 1 fully saturated rings. The van der Waals surface area contributed by atoms with Crippen molar-refractivity contribution in [3.05, 3.63) is 0 Å². The largest absolute Gasteiger partial charge is 0.249 e. The van der Waals surface area contributed by atoms with Crippen molar-refractivity contribution < 1.29 is 8.78 Å². The second-order valence-corrected chi connectivity index (χ2v) is 4.69. The predicted molar refractivity (Wildman–Crippen MR) is 45.8 cm³/mol. The zero-order valence-corrected chi connectivity index (χ0v) is 8.07. The van der Waals surface area contributed by atoms with Crippen LogP contribution in [0.3, 0.4) is 0 Å². The maximum atomic E-state index is 12.6. The van der Waals surface area contributed by atoms with Gasteiger partial charge in [0.15, 0.2) is 0 Å². The van der Waals surface area contributed by atoms with E-state index in [9.17, 15) is 8.78 Å². The molecular weight excluding hydrogens is 249 g/mol. The van der Waals surface area contributed by atoms with Crippen LogP contribution in [0.15, 0.2) is 0 Å². The van der Waals surface area contributed by atoms with Gasteiger partial charge in [0.05, 0.1) is 0 Å². The summed E-state index contributed by atoms with van der Waals surface area (Å²) in [5.41, 5.74) is 0. The van der Waals surface area contributed by atoms with Crippen LogP contribution in [0.25, 0.3) is 0 Å². The van der Waals surface area contributed by atoms with E-state index < -0.39 is 5.92 Å². The molecule has 0 aromatic rings. The first-order valence-corrected chi connectivity index (χ1v) is 4.78. The standard InChI is InChI=1S/C7H11F2I/c1-5-2-3-7(8,9)4-6(5)10/h5-6H,2-4H2,1H3. The van der Waals surface area contributed by atoms with Gasteiger partial charge >= 0.3 is 0 Å². The molecule has 10 heavy (non-hydrogen) atoms. The number of hydrogen-bond donors (Lipinski definition) is 0. The van der Waals surface area contributed by atoms with Crippen molar-refractivity contribution in [1.82, 2.24) is 0 Å². The summed E-state index contributed by atoms with van der Waals surface area (Å²) in [4.78, 5) is 0. The fraction of sp³-hybridized carbons (Fsp3) is 1.00. The quantitative estimate of drug-likeness (QED) is 0.463. The molecule has 0 aromatic carbocycles. The lowest BCUT2D eigenvalue weighted by Crippen LogP contribution is -2.31. The summed E-state index contributed by atoms with van der Waals surface area (Å²) in [7, 11) is 0. The summed E-state index contributed by atoms with van der Waals surface area (Å²) in [5, 5.41) is 0. The fourth-order valence-electron chi connectivity index (χ4n) is 1.21. The summed E-state index contributed by atoms with van der Waals surface area (Å²) >= 11 is 2.13. The Balaban J connectivity index is 2.49. The molecule has 0 heterocycles. The molecule has 1 aliphatic carbocycles. The van der Waals surface area contributed by atoms with Crippen LogP contribution in [-0.2, 0) is 0 Å². The van der Waals surface area contributed by atoms with Gasteiger partial charge in [-0.2, -0.15) is 0 Å². The molecule has 0 saturated heterocycles. The van der Waals surface area contributed by atoms with Crippen molar-refractivity contribution in [3.63, 3.8) is 0 Å². The summed E-state index contributed by atoms with van der Waals surface area (Å²) in [6.45, 7) is 2.05. The first-order valence-electron chi connectivity index (χ1n) is 3.53. The average Bonchev–Trinajstić information content (AvgIpc) is 1.79. The molecule has 1 aliphatic rings. The molecule has 0 radical (unpaired) electrons. The molecule has 0 nitrogen and oxygen atoms in total. The Morgan fingerprint density at radius 3 is 2.50 bits per heavy atom. The molecule has 0 bridgehead atoms. The van der Waals surface area contributed by atoms with Crippen LogP contribution in [0.1, 0.15) is 26.2 Å². The Bertz CT molecular complexity index is 125. The SMILES string of the molecule is CC1CCC(F)(F)CC1I. The van der Waals surface area contributed by atoms with Crippen molar-refractivity contribution in [3.8, 4) is 0 Å². The van der Waals surface area contributed by atoms with E-state index in [1.807, 2.05) is 6.92 Å². The predicted octanol–water partition coefficient (Wildman–Crippen LogP) is 3.25. The van der Waals surface area contributed by atoms with Gasteiger partial charge in [0.25, 0.3) is 0 Å². The van der Waals surface area contributed by atoms with E-state index in [-0.39, 0.29) is 16.8 Å². The van der Waals surface area contributed by atoms with Crippen LogP contribution in [0.2, 0.25) is 0 Å². The third kappa shape index (κ3) is 2.04. The topological polar surface area (TPSA) is 0 Å². The summed E-state index contributed by atoms with van der Waals surface area (Å²) < 4.78 is 25.4. The second-order valence-electron chi connectivity index (χ2n) is 3.09. The van der Waals surface area contributed by atoms with Crippen molar-refractivity contribution in [2.45, 2.75) is 36.0 Å². The zero-order chi connectivity index (χ0) is 7.78. The van der Waals surface area contributed by atoms with Crippen LogP contribution in [-0.4, -0.2) is 9.85 Å². The highest BCUT2D eigenvalue weighted by molar-refractivity contribution is 14.1. The van der Waals surface area contributed by atoms with Crippen molar-refractivity contribution in [2.75, 3.05) is 0 Å². The number of halogens is 3. The first-order chi connectivity index (χ1) is 4.51. The van der Waals surface area contributed by atoms with Crippen molar-refractivity contribution in [1.29, 1.82) is 0 Å². The van der Waals surface area contributed by atoms with E-state index in [0.29, 0.717) is 12.3 Å². The van der Waals surface area contributed by atoms with Gasteiger partial charge in [0.1, 0.15) is 0 Å². The summed E-state index contributed by atoms with van der Waals surface area (Å²) in [6, 6.07) is 0. The molecule has 0 amide bonds. The van der Waals surface area contributed by atoms with Crippen LogP contribution in [0.4, 0.5) is 8.78 Å². The summed E-state index contributed by atoms with van der Waals surface area (Å²) in [6.07, 6.45) is 0.850. The minimum Gasteiger partial charge on any atom is -0.207 e. The van der Waals surface area contributed by atoms with Crippen LogP contribution in [0, 0.1) is 5.92 Å². The van der Waals surface area contributed by atoms with E-state index in [4.69, 9.17) is 0 Å². The minimum absolute atomic E-state index is 0.0781. The zero-order valence-electron chi connectivity index (χ0n) is 5.91. The summed E-state index contributed by atoms with van der Waals surface area (Å²) in [5.74, 6) is -1.90. The number of alkyl halides is 3. The van der Waals surface area contributed by atoms with Gasteiger partial charge in [-0.3, -0.25) is 0 Å². The Morgan fingerprint density at radius 2 is 2.10 bits per heavy atom. The maximum Gasteiger partial charge on any atom is 0.249 e. The fourth-order valence-corrected chi connectivity index (χ4v) is 2.21. The van der Waals surface area contributed by atoms with Gasteiger partial charge in [-0.1, -0.05) is 29.5 Å². The van der Waals surface area contributed by atoms with Gasteiger partial charge < -0.3 is 0 Å². The van der Waals surface area contributed by atoms with Gasteiger partial charge in [-0.25, -0.2) is 8.78 Å². The van der Waals surface area contributed by atoms with E-state index in [0.717, 1.165) is 0 Å². The first kappa shape index (κ1) is 8.68. The van der Waals surface area contributed by atoms with E-state index >= 15 is 0 Å². The van der Waals surface area contributed by atoms with Crippen LogP contribution >= 0.6 is 22.6 Å². The van der Waals surface area contributed by atoms with Gasteiger partial charge in [0, 0.05) is 16.8 Å². The smallest absolute Gasteiger partial charge is 0.207 e. The van der Waals surface area contributed by atoms with E-state index in [2.05, 4.69) is 22.6 Å². The molecule has 0 spiro atoms. The Labute approximate surface area is 73.5 Å². The molecule has 3 heteroatoms. The lowest BCUT2D eigenvalue weighted by atomic mass is 9.88. The molecule has 60 valence electrons. The molecule has 0 N–H and O–H groups in total. The van der Waals surface area contributed by atoms with Crippen molar-refractivity contribution in [2.24, 2.45) is 5.92 Å². The number of rotatable bonds is 0. The van der Waals surface area contributed by atoms with Gasteiger partial charge in [-0.05, 0) is 12.3 Å². The van der Waals surface area contributed by atoms with Crippen LogP contribution < -0.4 is 0 Å². The highest BCUT2D eigenvalue weighted by Crippen LogP contribution is 2.39. The average molecular weight is 260 g/mol. The molecule has 2 unspecified atom stereocenters. The minimum atomic E-state index is -2.38. The molecular formula is C7H11F2I. The Hall–Kier alpha value is 0.590.